The Labute approximate surface area is 167 Å². The molecule has 0 aromatic heterocycles. The Morgan fingerprint density at radius 1 is 1.36 bits per heavy atom. The third-order valence-electron chi connectivity index (χ3n) is 3.40. The van der Waals surface area contributed by atoms with Gasteiger partial charge in [0.15, 0.2) is 16.6 Å². The predicted molar refractivity (Wildman–Crippen MR) is 112 cm³/mol. The molecular formula is C18H21IN2O3S. The molecule has 1 N–H and O–H groups in total. The van der Waals surface area contributed by atoms with Crippen LogP contribution in [0.15, 0.2) is 30.5 Å². The maximum atomic E-state index is 12.5. The molecule has 1 saturated heterocycles. The van der Waals surface area contributed by atoms with Crippen molar-refractivity contribution in [3.63, 3.8) is 0 Å². The predicted octanol–water partition coefficient (Wildman–Crippen LogP) is 3.72. The smallest absolute Gasteiger partial charge is 0.276 e. The van der Waals surface area contributed by atoms with E-state index in [0.29, 0.717) is 42.1 Å². The van der Waals surface area contributed by atoms with E-state index in [2.05, 4.69) is 34.5 Å². The second-order valence-corrected chi connectivity index (χ2v) is 6.86. The molecule has 1 aliphatic rings. The van der Waals surface area contributed by atoms with E-state index in [1.807, 2.05) is 26.0 Å². The lowest BCUT2D eigenvalue weighted by atomic mass is 10.1. The summed E-state index contributed by atoms with van der Waals surface area (Å²) in [6.45, 7) is 9.12. The van der Waals surface area contributed by atoms with Gasteiger partial charge in [-0.15, -0.1) is 0 Å². The summed E-state index contributed by atoms with van der Waals surface area (Å²) in [5.41, 5.74) is 1.31. The van der Waals surface area contributed by atoms with Crippen molar-refractivity contribution in [3.8, 4) is 11.5 Å². The minimum atomic E-state index is -0.105. The van der Waals surface area contributed by atoms with E-state index in [1.54, 1.807) is 17.1 Å². The molecule has 0 atom stereocenters. The molecule has 1 aromatic carbocycles. The van der Waals surface area contributed by atoms with Gasteiger partial charge in [-0.25, -0.2) is 0 Å². The van der Waals surface area contributed by atoms with Crippen LogP contribution in [0.4, 0.5) is 0 Å². The molecule has 5 nitrogen and oxygen atoms in total. The highest BCUT2D eigenvalue weighted by Crippen LogP contribution is 2.35. The lowest BCUT2D eigenvalue weighted by molar-refractivity contribution is -0.122. The summed E-state index contributed by atoms with van der Waals surface area (Å²) >= 11 is 7.43. The van der Waals surface area contributed by atoms with Crippen LogP contribution in [0.3, 0.4) is 0 Å². The standard InChI is InChI=1S/C18H21IN2O3S/c1-4-7-21-17(22)14(20-18(21)25)10-12-9-13(19)16(24-8-5-2)15(11-12)23-6-3/h5,9-11H,2,4,6-8H2,1,3H3,(H,20,25)/b14-10-. The van der Waals surface area contributed by atoms with E-state index in [1.165, 1.54) is 0 Å². The quantitative estimate of drug-likeness (QED) is 0.271. The third kappa shape index (κ3) is 4.72. The van der Waals surface area contributed by atoms with Crippen LogP contribution in [0.1, 0.15) is 25.8 Å². The fraction of sp³-hybridized carbons (Fsp3) is 0.333. The second-order valence-electron chi connectivity index (χ2n) is 5.31. The number of rotatable bonds is 8. The Hall–Kier alpha value is -1.61. The number of hydrogen-bond acceptors (Lipinski definition) is 4. The zero-order chi connectivity index (χ0) is 18.4. The SMILES string of the molecule is C=CCOc1c(I)cc(/C=C2\NC(=S)N(CCC)C2=O)cc1OCC. The highest BCUT2D eigenvalue weighted by Gasteiger charge is 2.29. The molecule has 2 rings (SSSR count). The first kappa shape index (κ1) is 19.7. The first-order valence-electron chi connectivity index (χ1n) is 8.06. The van der Waals surface area contributed by atoms with Crippen LogP contribution in [0, 0.1) is 3.57 Å². The Kier molecular flexibility index (Phi) is 7.24. The molecule has 0 spiro atoms. The van der Waals surface area contributed by atoms with Gasteiger partial charge in [-0.2, -0.15) is 0 Å². The molecule has 0 aliphatic carbocycles. The van der Waals surface area contributed by atoms with Crippen molar-refractivity contribution in [2.45, 2.75) is 20.3 Å². The van der Waals surface area contributed by atoms with Gasteiger partial charge in [0.1, 0.15) is 12.3 Å². The number of nitrogens with zero attached hydrogens (tertiary/aromatic N) is 1. The van der Waals surface area contributed by atoms with Crippen LogP contribution in [0.5, 0.6) is 11.5 Å². The average molecular weight is 472 g/mol. The molecule has 0 unspecified atom stereocenters. The number of halogens is 1. The molecule has 1 aliphatic heterocycles. The van der Waals surface area contributed by atoms with Crippen molar-refractivity contribution in [2.24, 2.45) is 0 Å². The molecule has 0 saturated carbocycles. The zero-order valence-electron chi connectivity index (χ0n) is 14.3. The van der Waals surface area contributed by atoms with Gasteiger partial charge in [0.25, 0.3) is 5.91 Å². The molecule has 0 radical (unpaired) electrons. The summed E-state index contributed by atoms with van der Waals surface area (Å²) in [6, 6.07) is 3.80. The number of hydrogen-bond donors (Lipinski definition) is 1. The van der Waals surface area contributed by atoms with Crippen molar-refractivity contribution < 1.29 is 14.3 Å². The monoisotopic (exact) mass is 472 g/mol. The fourth-order valence-electron chi connectivity index (χ4n) is 2.38. The number of thiocarbonyl (C=S) groups is 1. The third-order valence-corrected chi connectivity index (χ3v) is 4.52. The molecule has 134 valence electrons. The van der Waals surface area contributed by atoms with Gasteiger partial charge in [-0.3, -0.25) is 9.69 Å². The van der Waals surface area contributed by atoms with Crippen molar-refractivity contribution in [1.29, 1.82) is 0 Å². The molecule has 1 heterocycles. The number of carbonyl (C=O) groups is 1. The van der Waals surface area contributed by atoms with Crippen LogP contribution < -0.4 is 14.8 Å². The Morgan fingerprint density at radius 3 is 2.76 bits per heavy atom. The summed E-state index contributed by atoms with van der Waals surface area (Å²) in [5, 5.41) is 3.44. The topological polar surface area (TPSA) is 50.8 Å². The minimum absolute atomic E-state index is 0.105. The van der Waals surface area contributed by atoms with Crippen LogP contribution in [0.2, 0.25) is 0 Å². The Morgan fingerprint density at radius 2 is 2.12 bits per heavy atom. The summed E-state index contributed by atoms with van der Waals surface area (Å²) < 4.78 is 12.3. The van der Waals surface area contributed by atoms with Crippen LogP contribution in [0.25, 0.3) is 6.08 Å². The summed E-state index contributed by atoms with van der Waals surface area (Å²) in [7, 11) is 0. The first-order chi connectivity index (χ1) is 12.0. The lowest BCUT2D eigenvalue weighted by Crippen LogP contribution is -2.31. The van der Waals surface area contributed by atoms with Crippen LogP contribution in [-0.4, -0.2) is 35.7 Å². The van der Waals surface area contributed by atoms with Crippen molar-refractivity contribution >= 4 is 51.9 Å². The van der Waals surface area contributed by atoms with E-state index >= 15 is 0 Å². The van der Waals surface area contributed by atoms with E-state index < -0.39 is 0 Å². The van der Waals surface area contributed by atoms with Gasteiger partial charge in [0.2, 0.25) is 0 Å². The maximum Gasteiger partial charge on any atom is 0.276 e. The normalized spacial score (nSPS) is 15.5. The average Bonchev–Trinajstić information content (AvgIpc) is 2.82. The Balaban J connectivity index is 2.35. The van der Waals surface area contributed by atoms with Gasteiger partial charge in [0, 0.05) is 6.54 Å². The zero-order valence-corrected chi connectivity index (χ0v) is 17.3. The molecular weight excluding hydrogens is 451 g/mol. The lowest BCUT2D eigenvalue weighted by Gasteiger charge is -2.14. The molecule has 0 bridgehead atoms. The van der Waals surface area contributed by atoms with Crippen LogP contribution in [-0.2, 0) is 4.79 Å². The fourth-order valence-corrected chi connectivity index (χ4v) is 3.45. The van der Waals surface area contributed by atoms with Gasteiger partial charge in [-0.05, 0) is 71.9 Å². The Bertz CT molecular complexity index is 719. The number of nitrogens with one attached hydrogen (secondary N) is 1. The number of amides is 1. The highest BCUT2D eigenvalue weighted by atomic mass is 127. The molecule has 1 aromatic rings. The number of benzene rings is 1. The van der Waals surface area contributed by atoms with Crippen molar-refractivity contribution in [1.82, 2.24) is 10.2 Å². The van der Waals surface area contributed by atoms with E-state index in [4.69, 9.17) is 21.7 Å². The molecule has 25 heavy (non-hydrogen) atoms. The molecule has 1 fully saturated rings. The van der Waals surface area contributed by atoms with Gasteiger partial charge in [-0.1, -0.05) is 19.6 Å². The number of ether oxygens (including phenoxy) is 2. The highest BCUT2D eigenvalue weighted by molar-refractivity contribution is 14.1. The minimum Gasteiger partial charge on any atom is -0.490 e. The summed E-state index contributed by atoms with van der Waals surface area (Å²) in [4.78, 5) is 14.0. The maximum absolute atomic E-state index is 12.5. The van der Waals surface area contributed by atoms with E-state index in [9.17, 15) is 4.79 Å². The number of carbonyl (C=O) groups excluding carboxylic acids is 1. The molecule has 7 heteroatoms. The van der Waals surface area contributed by atoms with Crippen LogP contribution >= 0.6 is 34.8 Å². The van der Waals surface area contributed by atoms with E-state index in [0.717, 1.165) is 15.6 Å². The second kappa shape index (κ2) is 9.19. The first-order valence-corrected chi connectivity index (χ1v) is 9.55. The van der Waals surface area contributed by atoms with Gasteiger partial charge >= 0.3 is 0 Å². The van der Waals surface area contributed by atoms with Gasteiger partial charge < -0.3 is 14.8 Å². The summed E-state index contributed by atoms with van der Waals surface area (Å²) in [5.74, 6) is 1.21. The molecule has 1 amide bonds. The van der Waals surface area contributed by atoms with Gasteiger partial charge in [0.05, 0.1) is 10.2 Å². The van der Waals surface area contributed by atoms with E-state index in [-0.39, 0.29) is 5.91 Å². The van der Waals surface area contributed by atoms with Crippen molar-refractivity contribution in [2.75, 3.05) is 19.8 Å². The van der Waals surface area contributed by atoms with Crippen molar-refractivity contribution in [3.05, 3.63) is 39.6 Å². The largest absolute Gasteiger partial charge is 0.490 e. The summed E-state index contributed by atoms with van der Waals surface area (Å²) in [6.07, 6.45) is 4.32.